The van der Waals surface area contributed by atoms with Crippen LogP contribution in [0.3, 0.4) is 0 Å². The molecule has 2 aromatic rings. The van der Waals surface area contributed by atoms with Gasteiger partial charge in [0, 0.05) is 26.2 Å². The van der Waals surface area contributed by atoms with E-state index in [9.17, 15) is 14.7 Å². The van der Waals surface area contributed by atoms with E-state index >= 15 is 0 Å². The van der Waals surface area contributed by atoms with E-state index in [2.05, 4.69) is 21.8 Å². The minimum Gasteiger partial charge on any atom is -0.503 e. The van der Waals surface area contributed by atoms with Gasteiger partial charge in [-0.25, -0.2) is 9.48 Å². The first-order valence-electron chi connectivity index (χ1n) is 8.14. The van der Waals surface area contributed by atoms with Gasteiger partial charge >= 0.3 is 5.97 Å². The Balaban J connectivity index is 2.02. The molecule has 8 heteroatoms. The van der Waals surface area contributed by atoms with Crippen LogP contribution < -0.4 is 10.3 Å². The lowest BCUT2D eigenvalue weighted by Gasteiger charge is -2.36. The van der Waals surface area contributed by atoms with Gasteiger partial charge in [0.15, 0.2) is 5.75 Å². The number of aromatic carboxylic acids is 1. The average Bonchev–Trinajstić information content (AvgIpc) is 2.63. The number of carbonyl (C=O) groups is 1. The highest BCUT2D eigenvalue weighted by Gasteiger charge is 2.21. The Morgan fingerprint density at radius 3 is 2.40 bits per heavy atom. The zero-order valence-electron chi connectivity index (χ0n) is 13.9. The number of hydrogen-bond donors (Lipinski definition) is 2. The third kappa shape index (κ3) is 3.34. The summed E-state index contributed by atoms with van der Waals surface area (Å²) in [6.07, 6.45) is 1.15. The summed E-state index contributed by atoms with van der Waals surface area (Å²) >= 11 is 0. The highest BCUT2D eigenvalue weighted by atomic mass is 16.4. The average molecular weight is 344 g/mol. The number of rotatable bonds is 4. The van der Waals surface area contributed by atoms with Gasteiger partial charge in [-0.15, -0.1) is 0 Å². The number of carboxylic acid groups (broad SMARTS) is 1. The van der Waals surface area contributed by atoms with Crippen LogP contribution in [0.4, 0.5) is 5.69 Å². The van der Waals surface area contributed by atoms with Crippen molar-refractivity contribution in [3.05, 3.63) is 46.4 Å². The van der Waals surface area contributed by atoms with Crippen LogP contribution in [0.5, 0.6) is 5.75 Å². The molecule has 132 valence electrons. The summed E-state index contributed by atoms with van der Waals surface area (Å²) in [5.41, 5.74) is -0.196. The molecule has 8 nitrogen and oxygen atoms in total. The highest BCUT2D eigenvalue weighted by Crippen LogP contribution is 2.25. The molecular weight excluding hydrogens is 324 g/mol. The fourth-order valence-corrected chi connectivity index (χ4v) is 2.97. The van der Waals surface area contributed by atoms with E-state index in [0.717, 1.165) is 44.6 Å². The largest absolute Gasteiger partial charge is 0.503 e. The van der Waals surface area contributed by atoms with Gasteiger partial charge in [-0.3, -0.25) is 4.79 Å². The third-order valence-corrected chi connectivity index (χ3v) is 4.39. The Morgan fingerprint density at radius 1 is 1.16 bits per heavy atom. The second-order valence-corrected chi connectivity index (χ2v) is 5.85. The molecule has 1 saturated heterocycles. The van der Waals surface area contributed by atoms with E-state index in [1.54, 1.807) is 12.1 Å². The van der Waals surface area contributed by atoms with Gasteiger partial charge in [-0.05, 0) is 18.7 Å². The van der Waals surface area contributed by atoms with E-state index in [4.69, 9.17) is 5.11 Å². The lowest BCUT2D eigenvalue weighted by molar-refractivity contribution is 0.0686. The highest BCUT2D eigenvalue weighted by molar-refractivity contribution is 5.85. The van der Waals surface area contributed by atoms with Crippen LogP contribution in [0, 0.1) is 0 Å². The molecular formula is C17H20N4O4. The minimum absolute atomic E-state index is 0.616. The molecule has 0 amide bonds. The predicted molar refractivity (Wildman–Crippen MR) is 92.8 cm³/mol. The molecule has 2 heterocycles. The molecule has 1 fully saturated rings. The fourth-order valence-electron chi connectivity index (χ4n) is 2.97. The van der Waals surface area contributed by atoms with Crippen LogP contribution in [-0.2, 0) is 0 Å². The maximum absolute atomic E-state index is 11.7. The Kier molecular flexibility index (Phi) is 4.71. The molecule has 0 aliphatic carbocycles. The summed E-state index contributed by atoms with van der Waals surface area (Å²) in [4.78, 5) is 27.5. The molecule has 1 aromatic heterocycles. The number of carboxylic acids is 1. The van der Waals surface area contributed by atoms with Gasteiger partial charge in [0.2, 0.25) is 5.69 Å². The van der Waals surface area contributed by atoms with Gasteiger partial charge in [0.25, 0.3) is 5.43 Å². The van der Waals surface area contributed by atoms with Crippen LogP contribution in [-0.4, -0.2) is 63.6 Å². The summed E-state index contributed by atoms with van der Waals surface area (Å²) in [5, 5.41) is 22.8. The Bertz CT molecular complexity index is 841. The van der Waals surface area contributed by atoms with Gasteiger partial charge < -0.3 is 20.0 Å². The second kappa shape index (κ2) is 6.94. The van der Waals surface area contributed by atoms with Crippen LogP contribution in [0.2, 0.25) is 0 Å². The van der Waals surface area contributed by atoms with Crippen LogP contribution in [0.1, 0.15) is 17.4 Å². The number of anilines is 1. The number of aromatic nitrogens is 2. The second-order valence-electron chi connectivity index (χ2n) is 5.85. The van der Waals surface area contributed by atoms with E-state index in [1.165, 1.54) is 4.68 Å². The molecule has 0 bridgehead atoms. The molecule has 25 heavy (non-hydrogen) atoms. The normalized spacial score (nSPS) is 15.3. The molecule has 0 spiro atoms. The lowest BCUT2D eigenvalue weighted by Crippen LogP contribution is -2.46. The molecule has 1 aliphatic heterocycles. The standard InChI is InChI=1S/C17H20N4O4/c1-2-19-7-9-20(10-8-19)12-5-3-4-6-13(12)21-11-14(22)16(23)15(18-21)17(24)25/h3-6,11,22H,2,7-10H2,1H3,(H,24,25). The SMILES string of the molecule is CCN1CCN(c2ccccc2-n2cc(O)c(=O)c(C(=O)O)n2)CC1. The Morgan fingerprint density at radius 2 is 1.80 bits per heavy atom. The number of hydrogen-bond acceptors (Lipinski definition) is 6. The number of likely N-dealkylation sites (N-methyl/N-ethyl adjacent to an activating group) is 1. The summed E-state index contributed by atoms with van der Waals surface area (Å²) in [6.45, 7) is 6.68. The van der Waals surface area contributed by atoms with Crippen LogP contribution in [0.15, 0.2) is 35.3 Å². The molecule has 0 unspecified atom stereocenters. The first kappa shape index (κ1) is 17.0. The van der Waals surface area contributed by atoms with Gasteiger partial charge in [-0.1, -0.05) is 19.1 Å². The first-order chi connectivity index (χ1) is 12.0. The maximum Gasteiger partial charge on any atom is 0.360 e. The first-order valence-corrected chi connectivity index (χ1v) is 8.14. The smallest absolute Gasteiger partial charge is 0.360 e. The molecule has 2 N–H and O–H groups in total. The Hall–Kier alpha value is -2.87. The van der Waals surface area contributed by atoms with Gasteiger partial charge in [0.05, 0.1) is 17.6 Å². The number of piperazine rings is 1. The molecule has 3 rings (SSSR count). The maximum atomic E-state index is 11.7. The number of nitrogens with zero attached hydrogens (tertiary/aromatic N) is 4. The van der Waals surface area contributed by atoms with Crippen molar-refractivity contribution in [2.24, 2.45) is 0 Å². The summed E-state index contributed by atoms with van der Waals surface area (Å²) in [5.74, 6) is -2.11. The van der Waals surface area contributed by atoms with Gasteiger partial charge in [-0.2, -0.15) is 5.10 Å². The summed E-state index contributed by atoms with van der Waals surface area (Å²) in [6, 6.07) is 7.40. The molecule has 0 radical (unpaired) electrons. The fraction of sp³-hybridized carbons (Fsp3) is 0.353. The zero-order valence-corrected chi connectivity index (χ0v) is 13.9. The number of aromatic hydroxyl groups is 1. The van der Waals surface area contributed by atoms with E-state index in [1.807, 2.05) is 12.1 Å². The van der Waals surface area contributed by atoms with Crippen molar-refractivity contribution in [2.75, 3.05) is 37.6 Å². The molecule has 1 aliphatic rings. The molecule has 0 saturated carbocycles. The van der Waals surface area contributed by atoms with E-state index in [-0.39, 0.29) is 0 Å². The summed E-state index contributed by atoms with van der Waals surface area (Å²) < 4.78 is 1.25. The van der Waals surface area contributed by atoms with Crippen molar-refractivity contribution in [2.45, 2.75) is 6.92 Å². The molecule has 0 atom stereocenters. The van der Waals surface area contributed by atoms with Crippen molar-refractivity contribution >= 4 is 11.7 Å². The van der Waals surface area contributed by atoms with E-state index < -0.39 is 22.8 Å². The van der Waals surface area contributed by atoms with Crippen molar-refractivity contribution in [1.29, 1.82) is 0 Å². The number of benzene rings is 1. The number of para-hydroxylation sites is 2. The van der Waals surface area contributed by atoms with E-state index in [0.29, 0.717) is 5.69 Å². The zero-order chi connectivity index (χ0) is 18.0. The Labute approximate surface area is 144 Å². The van der Waals surface area contributed by atoms with Crippen molar-refractivity contribution in [3.8, 4) is 11.4 Å². The lowest BCUT2D eigenvalue weighted by atomic mass is 10.2. The van der Waals surface area contributed by atoms with Crippen LogP contribution in [0.25, 0.3) is 5.69 Å². The minimum atomic E-state index is -1.47. The quantitative estimate of drug-likeness (QED) is 0.845. The van der Waals surface area contributed by atoms with Crippen molar-refractivity contribution < 1.29 is 15.0 Å². The van der Waals surface area contributed by atoms with Crippen molar-refractivity contribution in [3.63, 3.8) is 0 Å². The predicted octanol–water partition coefficient (Wildman–Crippen LogP) is 0.778. The van der Waals surface area contributed by atoms with Crippen molar-refractivity contribution in [1.82, 2.24) is 14.7 Å². The molecule has 1 aromatic carbocycles. The third-order valence-electron chi connectivity index (χ3n) is 4.39. The summed E-state index contributed by atoms with van der Waals surface area (Å²) in [7, 11) is 0. The van der Waals surface area contributed by atoms with Crippen LogP contribution >= 0.6 is 0 Å². The topological polar surface area (TPSA) is 98.9 Å². The monoisotopic (exact) mass is 344 g/mol. The van der Waals surface area contributed by atoms with Gasteiger partial charge in [0.1, 0.15) is 0 Å².